The molecular weight excluding hydrogens is 276 g/mol. The van der Waals surface area contributed by atoms with Crippen molar-refractivity contribution in [1.29, 1.82) is 0 Å². The molecule has 0 radical (unpaired) electrons. The third kappa shape index (κ3) is 4.01. The topological polar surface area (TPSA) is 64.3 Å². The highest BCUT2D eigenvalue weighted by Gasteiger charge is 2.09. The summed E-state index contributed by atoms with van der Waals surface area (Å²) in [6.07, 6.45) is 0. The predicted molar refractivity (Wildman–Crippen MR) is 89.2 cm³/mol. The average molecular weight is 298 g/mol. The fourth-order valence-corrected chi connectivity index (χ4v) is 2.21. The summed E-state index contributed by atoms with van der Waals surface area (Å²) in [6.45, 7) is 5.10. The van der Waals surface area contributed by atoms with Gasteiger partial charge in [-0.05, 0) is 29.7 Å². The zero-order valence-electron chi connectivity index (χ0n) is 13.0. The van der Waals surface area contributed by atoms with E-state index in [9.17, 15) is 4.79 Å². The van der Waals surface area contributed by atoms with Crippen LogP contribution in [0.1, 0.15) is 35.7 Å². The monoisotopic (exact) mass is 298 g/mol. The standard InChI is InChI=1S/C18H22N2O2/c1-13(2)14-7-4-6-10-17(14)22-12-11-20-18(21)15-8-3-5-9-16(15)19/h3-10,13H,11-12,19H2,1-2H3,(H,20,21). The van der Waals surface area contributed by atoms with E-state index in [2.05, 4.69) is 25.2 Å². The van der Waals surface area contributed by atoms with Crippen LogP contribution in [0.25, 0.3) is 0 Å². The van der Waals surface area contributed by atoms with Gasteiger partial charge in [-0.25, -0.2) is 0 Å². The van der Waals surface area contributed by atoms with Gasteiger partial charge in [0.2, 0.25) is 0 Å². The van der Waals surface area contributed by atoms with E-state index in [1.165, 1.54) is 5.56 Å². The molecule has 4 heteroatoms. The zero-order valence-corrected chi connectivity index (χ0v) is 13.0. The van der Waals surface area contributed by atoms with Gasteiger partial charge in [0.1, 0.15) is 12.4 Å². The Morgan fingerprint density at radius 2 is 1.82 bits per heavy atom. The van der Waals surface area contributed by atoms with Crippen molar-refractivity contribution in [3.63, 3.8) is 0 Å². The first-order valence-electron chi connectivity index (χ1n) is 7.44. The Hall–Kier alpha value is -2.49. The molecule has 1 amide bonds. The molecule has 0 unspecified atom stereocenters. The lowest BCUT2D eigenvalue weighted by atomic mass is 10.0. The number of carbonyl (C=O) groups is 1. The Bertz CT molecular complexity index is 638. The maximum absolute atomic E-state index is 12.0. The summed E-state index contributed by atoms with van der Waals surface area (Å²) in [5.41, 5.74) is 7.91. The van der Waals surface area contributed by atoms with E-state index in [1.807, 2.05) is 18.2 Å². The van der Waals surface area contributed by atoms with Crippen molar-refractivity contribution >= 4 is 11.6 Å². The van der Waals surface area contributed by atoms with Gasteiger partial charge in [0.15, 0.2) is 0 Å². The molecule has 0 saturated carbocycles. The van der Waals surface area contributed by atoms with Crippen LogP contribution in [0.4, 0.5) is 5.69 Å². The minimum absolute atomic E-state index is 0.182. The summed E-state index contributed by atoms with van der Waals surface area (Å²) in [6, 6.07) is 15.0. The van der Waals surface area contributed by atoms with E-state index in [-0.39, 0.29) is 5.91 Å². The molecular formula is C18H22N2O2. The van der Waals surface area contributed by atoms with Gasteiger partial charge in [-0.1, -0.05) is 44.2 Å². The highest BCUT2D eigenvalue weighted by atomic mass is 16.5. The van der Waals surface area contributed by atoms with Crippen LogP contribution in [0.15, 0.2) is 48.5 Å². The molecule has 2 aromatic rings. The summed E-state index contributed by atoms with van der Waals surface area (Å²) in [7, 11) is 0. The number of anilines is 1. The number of nitrogens with one attached hydrogen (secondary N) is 1. The third-order valence-electron chi connectivity index (χ3n) is 3.39. The Morgan fingerprint density at radius 3 is 2.55 bits per heavy atom. The number of nitrogen functional groups attached to an aromatic ring is 1. The number of amides is 1. The first kappa shape index (κ1) is 15.9. The second-order valence-electron chi connectivity index (χ2n) is 5.38. The Kier molecular flexibility index (Phi) is 5.42. The highest BCUT2D eigenvalue weighted by Crippen LogP contribution is 2.25. The van der Waals surface area contributed by atoms with Crippen molar-refractivity contribution in [1.82, 2.24) is 5.32 Å². The number of benzene rings is 2. The lowest BCUT2D eigenvalue weighted by Gasteiger charge is -2.14. The molecule has 2 aromatic carbocycles. The summed E-state index contributed by atoms with van der Waals surface area (Å²) >= 11 is 0. The number of nitrogens with two attached hydrogens (primary N) is 1. The predicted octanol–water partition coefficient (Wildman–Crippen LogP) is 3.20. The van der Waals surface area contributed by atoms with Gasteiger partial charge in [0, 0.05) is 5.69 Å². The smallest absolute Gasteiger partial charge is 0.253 e. The maximum atomic E-state index is 12.0. The lowest BCUT2D eigenvalue weighted by molar-refractivity contribution is 0.0948. The second-order valence-corrected chi connectivity index (χ2v) is 5.38. The van der Waals surface area contributed by atoms with E-state index >= 15 is 0 Å². The molecule has 0 heterocycles. The van der Waals surface area contributed by atoms with E-state index in [0.717, 1.165) is 5.75 Å². The number of ether oxygens (including phenoxy) is 1. The highest BCUT2D eigenvalue weighted by molar-refractivity contribution is 5.99. The van der Waals surface area contributed by atoms with E-state index in [1.54, 1.807) is 24.3 Å². The SMILES string of the molecule is CC(C)c1ccccc1OCCNC(=O)c1ccccc1N. The Balaban J connectivity index is 1.85. The van der Waals surface area contributed by atoms with Gasteiger partial charge in [0.05, 0.1) is 12.1 Å². The van der Waals surface area contributed by atoms with Crippen LogP contribution in [0.3, 0.4) is 0 Å². The molecule has 0 bridgehead atoms. The molecule has 0 aliphatic carbocycles. The van der Waals surface area contributed by atoms with Gasteiger partial charge in [-0.3, -0.25) is 4.79 Å². The Labute approximate surface area is 131 Å². The van der Waals surface area contributed by atoms with Gasteiger partial charge >= 0.3 is 0 Å². The van der Waals surface area contributed by atoms with Crippen molar-refractivity contribution in [2.75, 3.05) is 18.9 Å². The van der Waals surface area contributed by atoms with E-state index in [4.69, 9.17) is 10.5 Å². The molecule has 22 heavy (non-hydrogen) atoms. The van der Waals surface area contributed by atoms with E-state index in [0.29, 0.717) is 30.3 Å². The number of rotatable bonds is 6. The summed E-state index contributed by atoms with van der Waals surface area (Å²) < 4.78 is 5.77. The fourth-order valence-electron chi connectivity index (χ4n) is 2.21. The fraction of sp³-hybridized carbons (Fsp3) is 0.278. The Morgan fingerprint density at radius 1 is 1.14 bits per heavy atom. The molecule has 0 spiro atoms. The van der Waals surface area contributed by atoms with Crippen LogP contribution in [-0.2, 0) is 0 Å². The van der Waals surface area contributed by atoms with Gasteiger partial charge in [0.25, 0.3) is 5.91 Å². The van der Waals surface area contributed by atoms with Crippen LogP contribution in [0.5, 0.6) is 5.75 Å². The molecule has 3 N–H and O–H groups in total. The van der Waals surface area contributed by atoms with Gasteiger partial charge in [-0.2, -0.15) is 0 Å². The van der Waals surface area contributed by atoms with Crippen molar-refractivity contribution in [3.8, 4) is 5.75 Å². The molecule has 0 aromatic heterocycles. The molecule has 0 fully saturated rings. The molecule has 0 atom stereocenters. The van der Waals surface area contributed by atoms with Crippen LogP contribution in [0.2, 0.25) is 0 Å². The maximum Gasteiger partial charge on any atom is 0.253 e. The molecule has 0 saturated heterocycles. The normalized spacial score (nSPS) is 10.5. The van der Waals surface area contributed by atoms with Crippen LogP contribution in [-0.4, -0.2) is 19.1 Å². The van der Waals surface area contributed by atoms with Crippen molar-refractivity contribution in [2.45, 2.75) is 19.8 Å². The van der Waals surface area contributed by atoms with Crippen molar-refractivity contribution < 1.29 is 9.53 Å². The summed E-state index contributed by atoms with van der Waals surface area (Å²) in [5.74, 6) is 1.08. The molecule has 0 aliphatic heterocycles. The van der Waals surface area contributed by atoms with Crippen molar-refractivity contribution in [2.24, 2.45) is 0 Å². The number of carbonyl (C=O) groups excluding carboxylic acids is 1. The summed E-state index contributed by atoms with van der Waals surface area (Å²) in [4.78, 5) is 12.0. The molecule has 2 rings (SSSR count). The first-order valence-corrected chi connectivity index (χ1v) is 7.44. The third-order valence-corrected chi connectivity index (χ3v) is 3.39. The quantitative estimate of drug-likeness (QED) is 0.636. The van der Waals surface area contributed by atoms with Crippen LogP contribution < -0.4 is 15.8 Å². The first-order chi connectivity index (χ1) is 10.6. The zero-order chi connectivity index (χ0) is 15.9. The largest absolute Gasteiger partial charge is 0.491 e. The lowest BCUT2D eigenvalue weighted by Crippen LogP contribution is -2.28. The number of para-hydroxylation sites is 2. The van der Waals surface area contributed by atoms with Crippen LogP contribution >= 0.6 is 0 Å². The number of hydrogen-bond donors (Lipinski definition) is 2. The van der Waals surface area contributed by atoms with Crippen molar-refractivity contribution in [3.05, 3.63) is 59.7 Å². The molecule has 116 valence electrons. The van der Waals surface area contributed by atoms with Crippen LogP contribution in [0, 0.1) is 0 Å². The van der Waals surface area contributed by atoms with Gasteiger partial charge in [-0.15, -0.1) is 0 Å². The average Bonchev–Trinajstić information content (AvgIpc) is 2.52. The number of hydrogen-bond acceptors (Lipinski definition) is 3. The minimum Gasteiger partial charge on any atom is -0.491 e. The van der Waals surface area contributed by atoms with E-state index < -0.39 is 0 Å². The van der Waals surface area contributed by atoms with Gasteiger partial charge < -0.3 is 15.8 Å². The molecule has 4 nitrogen and oxygen atoms in total. The summed E-state index contributed by atoms with van der Waals surface area (Å²) in [5, 5.41) is 2.81. The minimum atomic E-state index is -0.182. The second kappa shape index (κ2) is 7.50. The molecule has 0 aliphatic rings.